The van der Waals surface area contributed by atoms with Gasteiger partial charge in [-0.2, -0.15) is 0 Å². The van der Waals surface area contributed by atoms with E-state index in [1.165, 1.54) is 6.42 Å². The number of rotatable bonds is 6. The van der Waals surface area contributed by atoms with E-state index in [9.17, 15) is 4.79 Å². The van der Waals surface area contributed by atoms with Crippen LogP contribution < -0.4 is 11.1 Å². The quantitative estimate of drug-likeness (QED) is 0.784. The van der Waals surface area contributed by atoms with E-state index in [0.29, 0.717) is 5.41 Å². The molecule has 0 saturated carbocycles. The zero-order valence-electron chi connectivity index (χ0n) is 14.1. The SMILES string of the molecule is CC(C)NC(C)(CCN1CCC(C(C)(C)C)C1)C(N)=O. The fraction of sp³-hybridized carbons (Fsp3) is 0.938. The van der Waals surface area contributed by atoms with E-state index in [2.05, 4.69) is 31.0 Å². The predicted molar refractivity (Wildman–Crippen MR) is 84.5 cm³/mol. The van der Waals surface area contributed by atoms with Crippen LogP contribution in [0, 0.1) is 11.3 Å². The molecular formula is C16H33N3O. The number of hydrogen-bond acceptors (Lipinski definition) is 3. The minimum absolute atomic E-state index is 0.252. The van der Waals surface area contributed by atoms with Gasteiger partial charge in [0, 0.05) is 19.1 Å². The van der Waals surface area contributed by atoms with Gasteiger partial charge in [0.1, 0.15) is 0 Å². The molecular weight excluding hydrogens is 250 g/mol. The molecule has 1 rings (SSSR count). The minimum atomic E-state index is -0.603. The molecule has 0 aliphatic carbocycles. The minimum Gasteiger partial charge on any atom is -0.368 e. The van der Waals surface area contributed by atoms with E-state index in [0.717, 1.165) is 32.0 Å². The van der Waals surface area contributed by atoms with Gasteiger partial charge in [0.15, 0.2) is 0 Å². The van der Waals surface area contributed by atoms with Gasteiger partial charge in [0.25, 0.3) is 0 Å². The van der Waals surface area contributed by atoms with Crippen LogP contribution in [0.1, 0.15) is 54.4 Å². The lowest BCUT2D eigenvalue weighted by molar-refractivity contribution is -0.124. The number of carbonyl (C=O) groups is 1. The molecule has 1 aliphatic heterocycles. The summed E-state index contributed by atoms with van der Waals surface area (Å²) in [5.74, 6) is 0.498. The molecule has 118 valence electrons. The van der Waals surface area contributed by atoms with E-state index in [-0.39, 0.29) is 11.9 Å². The van der Waals surface area contributed by atoms with E-state index < -0.39 is 5.54 Å². The lowest BCUT2D eigenvalue weighted by Crippen LogP contribution is -2.56. The highest BCUT2D eigenvalue weighted by atomic mass is 16.1. The van der Waals surface area contributed by atoms with E-state index >= 15 is 0 Å². The Hall–Kier alpha value is -0.610. The van der Waals surface area contributed by atoms with Crippen molar-refractivity contribution in [3.63, 3.8) is 0 Å². The first-order valence-electron chi connectivity index (χ1n) is 7.84. The van der Waals surface area contributed by atoms with Crippen molar-refractivity contribution in [3.8, 4) is 0 Å². The van der Waals surface area contributed by atoms with Crippen LogP contribution in [0.3, 0.4) is 0 Å². The fourth-order valence-electron chi connectivity index (χ4n) is 3.03. The van der Waals surface area contributed by atoms with Crippen molar-refractivity contribution in [2.24, 2.45) is 17.1 Å². The molecule has 0 radical (unpaired) electrons. The molecule has 20 heavy (non-hydrogen) atoms. The van der Waals surface area contributed by atoms with Gasteiger partial charge in [0.2, 0.25) is 5.91 Å². The maximum atomic E-state index is 11.7. The van der Waals surface area contributed by atoms with Crippen LogP contribution >= 0.6 is 0 Å². The number of carbonyl (C=O) groups excluding carboxylic acids is 1. The molecule has 2 unspecified atom stereocenters. The third-order valence-electron chi connectivity index (χ3n) is 4.58. The normalized spacial score (nSPS) is 24.1. The molecule has 4 heteroatoms. The average molecular weight is 283 g/mol. The molecule has 4 nitrogen and oxygen atoms in total. The molecule has 1 amide bonds. The van der Waals surface area contributed by atoms with Crippen molar-refractivity contribution in [2.45, 2.75) is 66.0 Å². The van der Waals surface area contributed by atoms with Gasteiger partial charge >= 0.3 is 0 Å². The van der Waals surface area contributed by atoms with Crippen molar-refractivity contribution < 1.29 is 4.79 Å². The molecule has 0 aromatic carbocycles. The van der Waals surface area contributed by atoms with E-state index in [1.54, 1.807) is 0 Å². The predicted octanol–water partition coefficient (Wildman–Crippen LogP) is 1.99. The van der Waals surface area contributed by atoms with Gasteiger partial charge in [-0.05, 0) is 51.5 Å². The first-order valence-corrected chi connectivity index (χ1v) is 7.84. The Morgan fingerprint density at radius 1 is 1.35 bits per heavy atom. The van der Waals surface area contributed by atoms with Crippen molar-refractivity contribution in [1.82, 2.24) is 10.2 Å². The molecule has 2 atom stereocenters. The van der Waals surface area contributed by atoms with Crippen LogP contribution in [-0.2, 0) is 4.79 Å². The summed E-state index contributed by atoms with van der Waals surface area (Å²) in [4.78, 5) is 14.2. The summed E-state index contributed by atoms with van der Waals surface area (Å²) in [5.41, 5.74) is 5.35. The highest BCUT2D eigenvalue weighted by molar-refractivity contribution is 5.84. The second kappa shape index (κ2) is 6.44. The number of nitrogens with one attached hydrogen (secondary N) is 1. The van der Waals surface area contributed by atoms with Crippen LogP contribution in [0.25, 0.3) is 0 Å². The smallest absolute Gasteiger partial charge is 0.237 e. The Kier molecular flexibility index (Phi) is 5.61. The second-order valence-electron chi connectivity index (χ2n) is 7.90. The van der Waals surface area contributed by atoms with Crippen LogP contribution in [-0.4, -0.2) is 42.0 Å². The van der Waals surface area contributed by atoms with Crippen LogP contribution in [0.5, 0.6) is 0 Å². The zero-order chi connectivity index (χ0) is 15.6. The van der Waals surface area contributed by atoms with Crippen LogP contribution in [0.2, 0.25) is 0 Å². The molecule has 1 fully saturated rings. The summed E-state index contributed by atoms with van der Waals surface area (Å²) in [5, 5.41) is 3.32. The second-order valence-corrected chi connectivity index (χ2v) is 7.90. The fourth-order valence-corrected chi connectivity index (χ4v) is 3.03. The number of amides is 1. The highest BCUT2D eigenvalue weighted by Crippen LogP contribution is 2.33. The maximum Gasteiger partial charge on any atom is 0.237 e. The van der Waals surface area contributed by atoms with Gasteiger partial charge in [-0.15, -0.1) is 0 Å². The number of hydrogen-bond donors (Lipinski definition) is 2. The first-order chi connectivity index (χ1) is 9.04. The van der Waals surface area contributed by atoms with Crippen molar-refractivity contribution >= 4 is 5.91 Å². The Bertz CT molecular complexity index is 335. The number of primary amides is 1. The highest BCUT2D eigenvalue weighted by Gasteiger charge is 2.35. The average Bonchev–Trinajstić information content (AvgIpc) is 2.73. The summed E-state index contributed by atoms with van der Waals surface area (Å²) in [6.07, 6.45) is 2.03. The van der Waals surface area contributed by atoms with Crippen molar-refractivity contribution in [1.29, 1.82) is 0 Å². The molecule has 3 N–H and O–H groups in total. The zero-order valence-corrected chi connectivity index (χ0v) is 14.1. The Morgan fingerprint density at radius 3 is 2.35 bits per heavy atom. The van der Waals surface area contributed by atoms with E-state index in [4.69, 9.17) is 5.73 Å². The van der Waals surface area contributed by atoms with Crippen molar-refractivity contribution in [3.05, 3.63) is 0 Å². The maximum absolute atomic E-state index is 11.7. The Balaban J connectivity index is 2.52. The van der Waals surface area contributed by atoms with Crippen LogP contribution in [0.4, 0.5) is 0 Å². The molecule has 1 aliphatic rings. The lowest BCUT2D eigenvalue weighted by atomic mass is 9.80. The summed E-state index contributed by atoms with van der Waals surface area (Å²) in [7, 11) is 0. The van der Waals surface area contributed by atoms with Crippen molar-refractivity contribution in [2.75, 3.05) is 19.6 Å². The third kappa shape index (κ3) is 4.74. The molecule has 0 spiro atoms. The standard InChI is InChI=1S/C16H33N3O/c1-12(2)18-16(6,14(17)20)8-10-19-9-7-13(11-19)15(3,4)5/h12-13,18H,7-11H2,1-6H3,(H2,17,20). The number of likely N-dealkylation sites (tertiary alicyclic amines) is 1. The number of nitrogens with two attached hydrogens (primary N) is 1. The summed E-state index contributed by atoms with van der Waals surface area (Å²) in [6.45, 7) is 16.2. The van der Waals surface area contributed by atoms with Gasteiger partial charge in [0.05, 0.1) is 5.54 Å². The molecule has 0 bridgehead atoms. The Labute approximate surface area is 124 Å². The Morgan fingerprint density at radius 2 is 1.95 bits per heavy atom. The summed E-state index contributed by atoms with van der Waals surface area (Å²) < 4.78 is 0. The molecule has 0 aromatic rings. The van der Waals surface area contributed by atoms with Gasteiger partial charge in [-0.25, -0.2) is 0 Å². The lowest BCUT2D eigenvalue weighted by Gasteiger charge is -2.32. The van der Waals surface area contributed by atoms with Crippen LogP contribution in [0.15, 0.2) is 0 Å². The van der Waals surface area contributed by atoms with Gasteiger partial charge in [-0.1, -0.05) is 20.8 Å². The molecule has 1 saturated heterocycles. The first kappa shape index (κ1) is 17.4. The van der Waals surface area contributed by atoms with Gasteiger partial charge in [-0.3, -0.25) is 4.79 Å². The van der Waals surface area contributed by atoms with Gasteiger partial charge < -0.3 is 16.0 Å². The molecule has 1 heterocycles. The number of nitrogens with zero attached hydrogens (tertiary/aromatic N) is 1. The molecule has 0 aromatic heterocycles. The monoisotopic (exact) mass is 283 g/mol. The van der Waals surface area contributed by atoms with E-state index in [1.807, 2.05) is 20.8 Å². The largest absolute Gasteiger partial charge is 0.368 e. The summed E-state index contributed by atoms with van der Waals surface area (Å²) in [6, 6.07) is 0.258. The topological polar surface area (TPSA) is 58.4 Å². The third-order valence-corrected chi connectivity index (χ3v) is 4.58. The summed E-state index contributed by atoms with van der Waals surface area (Å²) >= 11 is 0.